The molecule has 54 valence electrons. The quantitative estimate of drug-likeness (QED) is 0.442. The van der Waals surface area contributed by atoms with Crippen LogP contribution in [-0.2, 0) is 7.05 Å². The van der Waals surface area contributed by atoms with Crippen molar-refractivity contribution in [1.82, 2.24) is 14.8 Å². The Morgan fingerprint density at radius 3 is 3.00 bits per heavy atom. The van der Waals surface area contributed by atoms with Gasteiger partial charge in [0, 0.05) is 7.05 Å². The molecular weight excluding hydrogens is 138 g/mol. The molecule has 0 saturated heterocycles. The molecule has 0 aliphatic carbocycles. The molecule has 1 rings (SSSR count). The van der Waals surface area contributed by atoms with E-state index in [0.717, 1.165) is 0 Å². The van der Waals surface area contributed by atoms with Crippen LogP contribution < -0.4 is 5.43 Å². The van der Waals surface area contributed by atoms with E-state index in [4.69, 9.17) is 0 Å². The molecule has 7 nitrogen and oxygen atoms in total. The van der Waals surface area contributed by atoms with Crippen LogP contribution in [0.15, 0.2) is 6.33 Å². The Hall–Kier alpha value is -1.66. The summed E-state index contributed by atoms with van der Waals surface area (Å²) in [7, 11) is 1.62. The van der Waals surface area contributed by atoms with Gasteiger partial charge in [0.1, 0.15) is 6.33 Å². The first-order valence-electron chi connectivity index (χ1n) is 2.45. The third-order valence-electron chi connectivity index (χ3n) is 0.791. The fourth-order valence-corrected chi connectivity index (χ4v) is 0.472. The summed E-state index contributed by atoms with van der Waals surface area (Å²) in [5.74, 6) is -0.00694. The summed E-state index contributed by atoms with van der Waals surface area (Å²) in [4.78, 5) is 13.3. The topological polar surface area (TPSA) is 85.9 Å². The molecule has 0 spiro atoms. The number of anilines is 1. The number of hydrogen-bond donors (Lipinski definition) is 1. The van der Waals surface area contributed by atoms with Gasteiger partial charge in [0.15, 0.2) is 5.03 Å². The first-order valence-corrected chi connectivity index (χ1v) is 2.45. The van der Waals surface area contributed by atoms with Crippen molar-refractivity contribution >= 4 is 5.95 Å². The van der Waals surface area contributed by atoms with Gasteiger partial charge in [-0.05, 0) is 0 Å². The largest absolute Gasteiger partial charge is 0.303 e. The molecule has 0 atom stereocenters. The minimum absolute atomic E-state index is 0.00694. The van der Waals surface area contributed by atoms with Crippen molar-refractivity contribution in [3.63, 3.8) is 0 Å². The maximum Gasteiger partial charge on any atom is 0.303 e. The van der Waals surface area contributed by atoms with Gasteiger partial charge in [0.05, 0.1) is 0 Å². The molecular formula is C3H5N5O2. The second kappa shape index (κ2) is 2.29. The molecule has 1 heterocycles. The van der Waals surface area contributed by atoms with E-state index in [1.54, 1.807) is 12.5 Å². The molecule has 0 fully saturated rings. The van der Waals surface area contributed by atoms with Gasteiger partial charge in [-0.3, -0.25) is 4.68 Å². The smallest absolute Gasteiger partial charge is 0.254 e. The molecule has 0 aromatic carbocycles. The Labute approximate surface area is 55.8 Å². The van der Waals surface area contributed by atoms with Crippen molar-refractivity contribution < 1.29 is 5.03 Å². The highest BCUT2D eigenvalue weighted by Crippen LogP contribution is 1.92. The summed E-state index contributed by atoms with van der Waals surface area (Å²) in [6, 6.07) is 0. The van der Waals surface area contributed by atoms with E-state index >= 15 is 0 Å². The summed E-state index contributed by atoms with van der Waals surface area (Å²) >= 11 is 0. The lowest BCUT2D eigenvalue weighted by Gasteiger charge is -1.85. The third kappa shape index (κ3) is 1.41. The van der Waals surface area contributed by atoms with Gasteiger partial charge in [-0.15, -0.1) is 5.10 Å². The van der Waals surface area contributed by atoms with Gasteiger partial charge in [0.25, 0.3) is 0 Å². The molecule has 0 saturated carbocycles. The Kier molecular flexibility index (Phi) is 1.48. The average Bonchev–Trinajstić information content (AvgIpc) is 2.13. The summed E-state index contributed by atoms with van der Waals surface area (Å²) in [6.45, 7) is 0. The highest BCUT2D eigenvalue weighted by molar-refractivity contribution is 5.15. The highest BCUT2D eigenvalue weighted by atomic mass is 16.7. The molecule has 1 N–H and O–H groups in total. The van der Waals surface area contributed by atoms with Gasteiger partial charge < -0.3 is 0 Å². The van der Waals surface area contributed by atoms with Crippen molar-refractivity contribution in [3.05, 3.63) is 16.4 Å². The Morgan fingerprint density at radius 2 is 2.60 bits per heavy atom. The summed E-state index contributed by atoms with van der Waals surface area (Å²) < 4.78 is 1.37. The van der Waals surface area contributed by atoms with Crippen LogP contribution in [0.25, 0.3) is 0 Å². The van der Waals surface area contributed by atoms with Gasteiger partial charge >= 0.3 is 5.95 Å². The number of aromatic nitrogens is 3. The number of nitrogens with one attached hydrogen (secondary N) is 1. The maximum absolute atomic E-state index is 9.78. The minimum Gasteiger partial charge on any atom is -0.254 e. The SMILES string of the molecule is Cn1cnc(N[N+](=O)[O-])n1. The lowest BCUT2D eigenvalue weighted by Crippen LogP contribution is -2.09. The third-order valence-corrected chi connectivity index (χ3v) is 0.791. The number of aryl methyl sites for hydroxylation is 1. The van der Waals surface area contributed by atoms with E-state index in [9.17, 15) is 10.1 Å². The predicted octanol–water partition coefficient (Wildman–Crippen LogP) is -0.581. The lowest BCUT2D eigenvalue weighted by atomic mass is 11.1. The summed E-state index contributed by atoms with van der Waals surface area (Å²) in [5.41, 5.74) is 1.80. The van der Waals surface area contributed by atoms with Crippen LogP contribution in [0, 0.1) is 10.1 Å². The van der Waals surface area contributed by atoms with Crippen LogP contribution in [0.1, 0.15) is 0 Å². The van der Waals surface area contributed by atoms with E-state index in [1.807, 2.05) is 0 Å². The lowest BCUT2D eigenvalue weighted by molar-refractivity contribution is -0.446. The molecule has 7 heteroatoms. The summed E-state index contributed by atoms with van der Waals surface area (Å²) in [6.07, 6.45) is 1.37. The number of rotatable bonds is 2. The van der Waals surface area contributed by atoms with Crippen molar-refractivity contribution in [2.45, 2.75) is 0 Å². The van der Waals surface area contributed by atoms with Gasteiger partial charge in [0.2, 0.25) is 0 Å². The minimum atomic E-state index is -0.713. The van der Waals surface area contributed by atoms with Crippen molar-refractivity contribution in [2.24, 2.45) is 7.05 Å². The van der Waals surface area contributed by atoms with E-state index < -0.39 is 5.03 Å². The fourth-order valence-electron chi connectivity index (χ4n) is 0.472. The second-order valence-corrected chi connectivity index (χ2v) is 1.61. The van der Waals surface area contributed by atoms with Crippen LogP contribution in [0.4, 0.5) is 5.95 Å². The maximum atomic E-state index is 9.78. The predicted molar refractivity (Wildman–Crippen MR) is 31.6 cm³/mol. The normalized spacial score (nSPS) is 9.30. The Bertz CT molecular complexity index is 243. The van der Waals surface area contributed by atoms with Gasteiger partial charge in [-0.1, -0.05) is 5.43 Å². The second-order valence-electron chi connectivity index (χ2n) is 1.61. The molecule has 0 aliphatic heterocycles. The van der Waals surface area contributed by atoms with E-state index in [-0.39, 0.29) is 5.95 Å². The Morgan fingerprint density at radius 1 is 1.90 bits per heavy atom. The molecule has 10 heavy (non-hydrogen) atoms. The van der Waals surface area contributed by atoms with Crippen LogP contribution in [0.2, 0.25) is 0 Å². The summed E-state index contributed by atoms with van der Waals surface area (Å²) in [5, 5.41) is 12.7. The zero-order valence-electron chi connectivity index (χ0n) is 5.18. The van der Waals surface area contributed by atoms with Crippen LogP contribution in [-0.4, -0.2) is 19.8 Å². The fraction of sp³-hybridized carbons (Fsp3) is 0.333. The molecule has 1 aromatic heterocycles. The van der Waals surface area contributed by atoms with E-state index in [0.29, 0.717) is 0 Å². The van der Waals surface area contributed by atoms with Crippen LogP contribution in [0.3, 0.4) is 0 Å². The van der Waals surface area contributed by atoms with Gasteiger partial charge in [-0.25, -0.2) is 10.1 Å². The highest BCUT2D eigenvalue weighted by Gasteiger charge is 2.01. The van der Waals surface area contributed by atoms with Crippen molar-refractivity contribution in [1.29, 1.82) is 0 Å². The number of hydrogen-bond acceptors (Lipinski definition) is 4. The first-order chi connectivity index (χ1) is 4.68. The molecule has 0 radical (unpaired) electrons. The molecule has 0 amide bonds. The van der Waals surface area contributed by atoms with Crippen LogP contribution in [0.5, 0.6) is 0 Å². The molecule has 0 unspecified atom stereocenters. The zero-order chi connectivity index (χ0) is 7.56. The molecule has 1 aromatic rings. The monoisotopic (exact) mass is 143 g/mol. The van der Waals surface area contributed by atoms with Crippen molar-refractivity contribution in [3.8, 4) is 0 Å². The Balaban J connectivity index is 2.67. The molecule has 0 aliphatic rings. The van der Waals surface area contributed by atoms with E-state index in [1.165, 1.54) is 11.0 Å². The van der Waals surface area contributed by atoms with Crippen LogP contribution >= 0.6 is 0 Å². The molecule has 0 bridgehead atoms. The van der Waals surface area contributed by atoms with E-state index in [2.05, 4.69) is 10.1 Å². The van der Waals surface area contributed by atoms with Crippen molar-refractivity contribution in [2.75, 3.05) is 5.43 Å². The van der Waals surface area contributed by atoms with Gasteiger partial charge in [-0.2, -0.15) is 4.98 Å². The average molecular weight is 143 g/mol. The number of hydrazine groups is 1. The number of nitro groups is 1. The first kappa shape index (κ1) is 6.46. The number of nitrogens with zero attached hydrogens (tertiary/aromatic N) is 4. The standard InChI is InChI=1S/C3H5N5O2/c1-7-2-4-3(5-7)6-8(9)10/h2H,1H3,(H,5,6). The zero-order valence-corrected chi connectivity index (χ0v) is 5.18.